The van der Waals surface area contributed by atoms with Crippen LogP contribution in [0.2, 0.25) is 0 Å². The van der Waals surface area contributed by atoms with Crippen molar-refractivity contribution in [2.45, 2.75) is 17.1 Å². The van der Waals surface area contributed by atoms with Crippen LogP contribution in [0.1, 0.15) is 6.92 Å². The van der Waals surface area contributed by atoms with E-state index in [1.165, 1.54) is 4.90 Å². The van der Waals surface area contributed by atoms with E-state index in [2.05, 4.69) is 48.8 Å². The zero-order chi connectivity index (χ0) is 10.9. The first kappa shape index (κ1) is 12.9. The molecular weight excluding hydrogens is 222 g/mol. The predicted molar refractivity (Wildman–Crippen MR) is 73.0 cm³/mol. The summed E-state index contributed by atoms with van der Waals surface area (Å²) in [5.74, 6) is 1.14. The zero-order valence-electron chi connectivity index (χ0n) is 9.40. The second-order valence-corrected chi connectivity index (χ2v) is 5.86. The highest BCUT2D eigenvalue weighted by molar-refractivity contribution is 7.99. The van der Waals surface area contributed by atoms with Gasteiger partial charge in [0.1, 0.15) is 0 Å². The Bertz CT molecular complexity index is 251. The van der Waals surface area contributed by atoms with E-state index in [-0.39, 0.29) is 0 Å². The van der Waals surface area contributed by atoms with E-state index in [4.69, 9.17) is 0 Å². The molecule has 0 saturated heterocycles. The van der Waals surface area contributed by atoms with Gasteiger partial charge in [0.15, 0.2) is 0 Å². The average Bonchev–Trinajstić information content (AvgIpc) is 2.29. The van der Waals surface area contributed by atoms with Crippen molar-refractivity contribution < 1.29 is 0 Å². The second kappa shape index (κ2) is 8.08. The zero-order valence-corrected chi connectivity index (χ0v) is 11.0. The van der Waals surface area contributed by atoms with Crippen LogP contribution in [0.5, 0.6) is 0 Å². The second-order valence-electron chi connectivity index (χ2n) is 3.41. The molecule has 1 aromatic rings. The van der Waals surface area contributed by atoms with Crippen LogP contribution >= 0.6 is 23.5 Å². The van der Waals surface area contributed by atoms with Crippen molar-refractivity contribution in [2.75, 3.05) is 25.1 Å². The lowest BCUT2D eigenvalue weighted by molar-refractivity contribution is 0.718. The highest BCUT2D eigenvalue weighted by Crippen LogP contribution is 2.15. The van der Waals surface area contributed by atoms with Gasteiger partial charge in [0.25, 0.3) is 0 Å². The number of hydrogen-bond donors (Lipinski definition) is 1. The summed E-state index contributed by atoms with van der Waals surface area (Å²) in [6, 6.07) is 10.6. The van der Waals surface area contributed by atoms with Crippen LogP contribution in [0.25, 0.3) is 0 Å². The highest BCUT2D eigenvalue weighted by atomic mass is 32.2. The van der Waals surface area contributed by atoms with Crippen molar-refractivity contribution in [1.82, 2.24) is 5.32 Å². The first-order chi connectivity index (χ1) is 7.33. The molecule has 0 radical (unpaired) electrons. The third-order valence-electron chi connectivity index (χ3n) is 2.12. The van der Waals surface area contributed by atoms with E-state index in [9.17, 15) is 0 Å². The lowest BCUT2D eigenvalue weighted by Gasteiger charge is -2.09. The first-order valence-corrected chi connectivity index (χ1v) is 7.51. The maximum Gasteiger partial charge on any atom is 0.0141 e. The third kappa shape index (κ3) is 6.13. The largest absolute Gasteiger partial charge is 0.315 e. The molecule has 1 aromatic carbocycles. The summed E-state index contributed by atoms with van der Waals surface area (Å²) in [5.41, 5.74) is 0. The van der Waals surface area contributed by atoms with Gasteiger partial charge in [-0.25, -0.2) is 0 Å². The molecule has 0 spiro atoms. The molecular formula is C12H19NS2. The quantitative estimate of drug-likeness (QED) is 0.582. The van der Waals surface area contributed by atoms with E-state index in [1.54, 1.807) is 0 Å². The van der Waals surface area contributed by atoms with Crippen molar-refractivity contribution in [3.8, 4) is 0 Å². The van der Waals surface area contributed by atoms with Crippen LogP contribution in [-0.4, -0.2) is 30.3 Å². The Kier molecular flexibility index (Phi) is 6.98. The third-order valence-corrected chi connectivity index (χ3v) is 4.11. The fourth-order valence-electron chi connectivity index (χ4n) is 1.15. The van der Waals surface area contributed by atoms with Crippen LogP contribution in [0.15, 0.2) is 35.2 Å². The summed E-state index contributed by atoms with van der Waals surface area (Å²) in [6.45, 7) is 4.45. The van der Waals surface area contributed by atoms with Gasteiger partial charge >= 0.3 is 0 Å². The minimum Gasteiger partial charge on any atom is -0.315 e. The van der Waals surface area contributed by atoms with E-state index >= 15 is 0 Å². The standard InChI is InChI=1S/C12H19NS2/c1-11(14-2)10-13-8-9-15-12-6-4-3-5-7-12/h3-7,11,13H,8-10H2,1-2H3. The van der Waals surface area contributed by atoms with Gasteiger partial charge in [0, 0.05) is 29.0 Å². The smallest absolute Gasteiger partial charge is 0.0141 e. The summed E-state index contributed by atoms with van der Waals surface area (Å²) >= 11 is 3.82. The molecule has 1 rings (SSSR count). The lowest BCUT2D eigenvalue weighted by Crippen LogP contribution is -2.24. The maximum atomic E-state index is 3.46. The van der Waals surface area contributed by atoms with E-state index in [0.29, 0.717) is 5.25 Å². The van der Waals surface area contributed by atoms with Gasteiger partial charge in [0.2, 0.25) is 0 Å². The predicted octanol–water partition coefficient (Wildman–Crippen LogP) is 3.12. The number of rotatable bonds is 7. The molecule has 3 heteroatoms. The van der Waals surface area contributed by atoms with Crippen LogP contribution in [0.3, 0.4) is 0 Å². The first-order valence-electron chi connectivity index (χ1n) is 5.24. The average molecular weight is 241 g/mol. The molecule has 0 heterocycles. The molecule has 84 valence electrons. The monoisotopic (exact) mass is 241 g/mol. The van der Waals surface area contributed by atoms with E-state index < -0.39 is 0 Å². The number of hydrogen-bond acceptors (Lipinski definition) is 3. The van der Waals surface area contributed by atoms with Gasteiger partial charge in [-0.3, -0.25) is 0 Å². The molecule has 0 aliphatic heterocycles. The fraction of sp³-hybridized carbons (Fsp3) is 0.500. The highest BCUT2D eigenvalue weighted by Gasteiger charge is 1.97. The van der Waals surface area contributed by atoms with Crippen molar-refractivity contribution >= 4 is 23.5 Å². The Hall–Kier alpha value is -0.120. The van der Waals surface area contributed by atoms with Gasteiger partial charge in [0.05, 0.1) is 0 Å². The molecule has 0 bridgehead atoms. The summed E-state index contributed by atoms with van der Waals surface area (Å²) in [6.07, 6.45) is 2.16. The van der Waals surface area contributed by atoms with Gasteiger partial charge in [-0.1, -0.05) is 25.1 Å². The molecule has 0 aliphatic carbocycles. The topological polar surface area (TPSA) is 12.0 Å². The summed E-state index contributed by atoms with van der Waals surface area (Å²) < 4.78 is 0. The molecule has 1 unspecified atom stereocenters. The maximum absolute atomic E-state index is 3.46. The summed E-state index contributed by atoms with van der Waals surface area (Å²) in [7, 11) is 0. The van der Waals surface area contributed by atoms with Crippen LogP contribution in [0, 0.1) is 0 Å². The number of thioether (sulfide) groups is 2. The molecule has 0 fully saturated rings. The van der Waals surface area contributed by atoms with E-state index in [1.807, 2.05) is 23.5 Å². The SMILES string of the molecule is CSC(C)CNCCSc1ccccc1. The van der Waals surface area contributed by atoms with Crippen LogP contribution < -0.4 is 5.32 Å². The molecule has 0 aromatic heterocycles. The molecule has 1 N–H and O–H groups in total. The fourth-order valence-corrected chi connectivity index (χ4v) is 2.26. The van der Waals surface area contributed by atoms with E-state index in [0.717, 1.165) is 18.8 Å². The van der Waals surface area contributed by atoms with Crippen molar-refractivity contribution in [3.05, 3.63) is 30.3 Å². The van der Waals surface area contributed by atoms with Gasteiger partial charge in [-0.2, -0.15) is 11.8 Å². The molecule has 0 saturated carbocycles. The summed E-state index contributed by atoms with van der Waals surface area (Å²) in [5, 5.41) is 4.18. The molecule has 0 amide bonds. The number of benzene rings is 1. The van der Waals surface area contributed by atoms with Gasteiger partial charge < -0.3 is 5.32 Å². The molecule has 15 heavy (non-hydrogen) atoms. The summed E-state index contributed by atoms with van der Waals surface area (Å²) in [4.78, 5) is 1.36. The molecule has 1 nitrogen and oxygen atoms in total. The van der Waals surface area contributed by atoms with Crippen LogP contribution in [0.4, 0.5) is 0 Å². The van der Waals surface area contributed by atoms with Gasteiger partial charge in [-0.15, -0.1) is 11.8 Å². The Balaban J connectivity index is 2.03. The Morgan fingerprint density at radius 3 is 2.67 bits per heavy atom. The van der Waals surface area contributed by atoms with Crippen molar-refractivity contribution in [3.63, 3.8) is 0 Å². The molecule has 1 atom stereocenters. The van der Waals surface area contributed by atoms with Crippen LogP contribution in [-0.2, 0) is 0 Å². The number of nitrogens with one attached hydrogen (secondary N) is 1. The van der Waals surface area contributed by atoms with Crippen molar-refractivity contribution in [2.24, 2.45) is 0 Å². The Morgan fingerprint density at radius 2 is 2.00 bits per heavy atom. The Labute approximate surface area is 101 Å². The minimum atomic E-state index is 0.715. The minimum absolute atomic E-state index is 0.715. The Morgan fingerprint density at radius 1 is 1.27 bits per heavy atom. The van der Waals surface area contributed by atoms with Crippen molar-refractivity contribution in [1.29, 1.82) is 0 Å². The lowest BCUT2D eigenvalue weighted by atomic mass is 10.4. The van der Waals surface area contributed by atoms with Gasteiger partial charge in [-0.05, 0) is 18.4 Å². The molecule has 0 aliphatic rings. The normalized spacial score (nSPS) is 12.7.